The molecule has 0 aliphatic rings. The monoisotopic (exact) mass is 316 g/mol. The van der Waals surface area contributed by atoms with E-state index in [9.17, 15) is 5.11 Å². The van der Waals surface area contributed by atoms with E-state index in [1.807, 2.05) is 18.2 Å². The summed E-state index contributed by atoms with van der Waals surface area (Å²) < 4.78 is 1.87. The summed E-state index contributed by atoms with van der Waals surface area (Å²) in [7, 11) is 0. The predicted molar refractivity (Wildman–Crippen MR) is 64.9 cm³/mol. The van der Waals surface area contributed by atoms with Gasteiger partial charge in [0.2, 0.25) is 0 Å². The molecule has 0 spiro atoms. The van der Waals surface area contributed by atoms with Crippen molar-refractivity contribution >= 4 is 31.9 Å². The molecule has 1 unspecified atom stereocenters. The summed E-state index contributed by atoms with van der Waals surface area (Å²) in [5.41, 5.74) is 0.863. The molecule has 1 aromatic carbocycles. The molecule has 1 atom stereocenters. The molecule has 1 nitrogen and oxygen atoms in total. The summed E-state index contributed by atoms with van der Waals surface area (Å²) in [6.07, 6.45) is -0.0692. The first kappa shape index (κ1) is 11.8. The van der Waals surface area contributed by atoms with Gasteiger partial charge in [-0.1, -0.05) is 31.9 Å². The van der Waals surface area contributed by atoms with E-state index >= 15 is 0 Å². The Morgan fingerprint density at radius 3 is 2.79 bits per heavy atom. The lowest BCUT2D eigenvalue weighted by atomic mass is 10.1. The van der Waals surface area contributed by atoms with Gasteiger partial charge in [-0.05, 0) is 30.7 Å². The van der Waals surface area contributed by atoms with Gasteiger partial charge < -0.3 is 5.11 Å². The zero-order valence-corrected chi connectivity index (χ0v) is 10.9. The highest BCUT2D eigenvalue weighted by Gasteiger charge is 2.10. The maximum absolute atomic E-state index is 9.80. The molecule has 3 heteroatoms. The first-order chi connectivity index (χ1) is 6.65. The van der Waals surface area contributed by atoms with Crippen molar-refractivity contribution in [3.63, 3.8) is 0 Å². The molecule has 0 heterocycles. The number of rotatable bonds is 2. The van der Waals surface area contributed by atoms with Crippen LogP contribution < -0.4 is 0 Å². The van der Waals surface area contributed by atoms with Crippen LogP contribution in [0.25, 0.3) is 0 Å². The number of hydrogen-bond acceptors (Lipinski definition) is 1. The minimum atomic E-state index is -0.533. The fraction of sp³-hybridized carbons (Fsp3) is 0.273. The molecule has 0 aromatic heterocycles. The lowest BCUT2D eigenvalue weighted by Gasteiger charge is -2.10. The highest BCUT2D eigenvalue weighted by atomic mass is 79.9. The van der Waals surface area contributed by atoms with Gasteiger partial charge in [-0.25, -0.2) is 0 Å². The van der Waals surface area contributed by atoms with Crippen LogP contribution >= 0.6 is 31.9 Å². The summed E-state index contributed by atoms with van der Waals surface area (Å²) in [5.74, 6) is 5.62. The number of hydrogen-bond donors (Lipinski definition) is 1. The molecule has 74 valence electrons. The van der Waals surface area contributed by atoms with Crippen molar-refractivity contribution in [2.75, 3.05) is 0 Å². The standard InChI is InChI=1S/C11H10Br2O/c1-2-3-4-11(14)9-7-8(12)5-6-10(9)13/h5-7,11,14H,4H2,1H3. The molecule has 0 bridgehead atoms. The first-order valence-corrected chi connectivity index (χ1v) is 5.76. The molecule has 0 fully saturated rings. The molecular formula is C11H10Br2O. The molecule has 1 rings (SSSR count). The SMILES string of the molecule is CC#CCC(O)c1cc(Br)ccc1Br. The lowest BCUT2D eigenvalue weighted by molar-refractivity contribution is 0.183. The fourth-order valence-corrected chi connectivity index (χ4v) is 1.97. The smallest absolute Gasteiger partial charge is 0.0910 e. The quantitative estimate of drug-likeness (QED) is 0.825. The summed E-state index contributed by atoms with van der Waals surface area (Å²) in [6, 6.07) is 5.72. The zero-order valence-electron chi connectivity index (χ0n) is 7.72. The maximum Gasteiger partial charge on any atom is 0.0910 e. The Morgan fingerprint density at radius 1 is 1.43 bits per heavy atom. The van der Waals surface area contributed by atoms with Crippen LogP contribution in [-0.2, 0) is 0 Å². The zero-order chi connectivity index (χ0) is 10.6. The highest BCUT2D eigenvalue weighted by Crippen LogP contribution is 2.28. The van der Waals surface area contributed by atoms with Crippen LogP contribution in [0.3, 0.4) is 0 Å². The van der Waals surface area contributed by atoms with Crippen molar-refractivity contribution in [2.45, 2.75) is 19.4 Å². The normalized spacial score (nSPS) is 11.7. The van der Waals surface area contributed by atoms with Gasteiger partial charge >= 0.3 is 0 Å². The fourth-order valence-electron chi connectivity index (χ4n) is 1.08. The van der Waals surface area contributed by atoms with E-state index in [0.717, 1.165) is 14.5 Å². The van der Waals surface area contributed by atoms with Crippen molar-refractivity contribution < 1.29 is 5.11 Å². The van der Waals surface area contributed by atoms with Crippen LogP contribution in [0.15, 0.2) is 27.1 Å². The Hall–Kier alpha value is -0.300. The second-order valence-electron chi connectivity index (χ2n) is 2.81. The molecule has 0 saturated heterocycles. The number of benzene rings is 1. The van der Waals surface area contributed by atoms with Crippen LogP contribution in [0.4, 0.5) is 0 Å². The second kappa shape index (κ2) is 5.55. The highest BCUT2D eigenvalue weighted by molar-refractivity contribution is 9.11. The van der Waals surface area contributed by atoms with Crippen molar-refractivity contribution in [1.82, 2.24) is 0 Å². The number of halogens is 2. The third kappa shape index (κ3) is 3.13. The number of aliphatic hydroxyl groups excluding tert-OH is 1. The van der Waals surface area contributed by atoms with Gasteiger partial charge in [-0.3, -0.25) is 0 Å². The van der Waals surface area contributed by atoms with Gasteiger partial charge in [-0.2, -0.15) is 0 Å². The van der Waals surface area contributed by atoms with Gasteiger partial charge in [0.05, 0.1) is 6.10 Å². The molecule has 1 N–H and O–H groups in total. The van der Waals surface area contributed by atoms with Gasteiger partial charge in [-0.15, -0.1) is 11.8 Å². The van der Waals surface area contributed by atoms with Gasteiger partial charge in [0.25, 0.3) is 0 Å². The summed E-state index contributed by atoms with van der Waals surface area (Å²) in [4.78, 5) is 0. The Morgan fingerprint density at radius 2 is 2.14 bits per heavy atom. The minimum Gasteiger partial charge on any atom is -0.387 e. The number of aliphatic hydroxyl groups is 1. The summed E-state index contributed by atoms with van der Waals surface area (Å²) in [6.45, 7) is 1.77. The Labute approximate surface area is 101 Å². The molecule has 0 amide bonds. The van der Waals surface area contributed by atoms with E-state index in [-0.39, 0.29) is 0 Å². The van der Waals surface area contributed by atoms with E-state index in [4.69, 9.17) is 0 Å². The Bertz CT molecular complexity index is 377. The molecule has 0 aliphatic carbocycles. The van der Waals surface area contributed by atoms with E-state index in [1.165, 1.54) is 0 Å². The van der Waals surface area contributed by atoms with Crippen molar-refractivity contribution in [1.29, 1.82) is 0 Å². The summed E-state index contributed by atoms with van der Waals surface area (Å²) in [5, 5.41) is 9.80. The average molecular weight is 318 g/mol. The molecular weight excluding hydrogens is 308 g/mol. The molecule has 0 aliphatic heterocycles. The third-order valence-corrected chi connectivity index (χ3v) is 3.00. The van der Waals surface area contributed by atoms with Crippen LogP contribution in [0.2, 0.25) is 0 Å². The molecule has 14 heavy (non-hydrogen) atoms. The van der Waals surface area contributed by atoms with E-state index < -0.39 is 6.10 Å². The first-order valence-electron chi connectivity index (χ1n) is 4.17. The molecule has 0 saturated carbocycles. The van der Waals surface area contributed by atoms with Crippen LogP contribution in [0, 0.1) is 11.8 Å². The van der Waals surface area contributed by atoms with Crippen molar-refractivity contribution in [2.24, 2.45) is 0 Å². The largest absolute Gasteiger partial charge is 0.387 e. The van der Waals surface area contributed by atoms with Crippen LogP contribution in [-0.4, -0.2) is 5.11 Å². The van der Waals surface area contributed by atoms with Crippen molar-refractivity contribution in [3.05, 3.63) is 32.7 Å². The van der Waals surface area contributed by atoms with E-state index in [1.54, 1.807) is 6.92 Å². The van der Waals surface area contributed by atoms with Gasteiger partial charge in [0.1, 0.15) is 0 Å². The predicted octanol–water partition coefficient (Wildman–Crippen LogP) is 3.66. The molecule has 1 aromatic rings. The van der Waals surface area contributed by atoms with E-state index in [0.29, 0.717) is 6.42 Å². The van der Waals surface area contributed by atoms with Crippen molar-refractivity contribution in [3.8, 4) is 11.8 Å². The average Bonchev–Trinajstić information content (AvgIpc) is 2.18. The Kier molecular flexibility index (Phi) is 4.67. The lowest BCUT2D eigenvalue weighted by Crippen LogP contribution is -1.97. The third-order valence-electron chi connectivity index (χ3n) is 1.79. The van der Waals surface area contributed by atoms with E-state index in [2.05, 4.69) is 43.7 Å². The van der Waals surface area contributed by atoms with Gasteiger partial charge in [0, 0.05) is 15.4 Å². The summed E-state index contributed by atoms with van der Waals surface area (Å²) >= 11 is 6.76. The van der Waals surface area contributed by atoms with Crippen LogP contribution in [0.5, 0.6) is 0 Å². The van der Waals surface area contributed by atoms with Crippen LogP contribution in [0.1, 0.15) is 25.0 Å². The Balaban J connectivity index is 2.91. The topological polar surface area (TPSA) is 20.2 Å². The maximum atomic E-state index is 9.80. The minimum absolute atomic E-state index is 0.464. The second-order valence-corrected chi connectivity index (χ2v) is 4.58. The van der Waals surface area contributed by atoms with Gasteiger partial charge in [0.15, 0.2) is 0 Å². The molecule has 0 radical (unpaired) electrons.